The van der Waals surface area contributed by atoms with Gasteiger partial charge < -0.3 is 4.90 Å². The number of nitrogens with zero attached hydrogens (tertiary/aromatic N) is 3. The molecule has 1 aromatic carbocycles. The summed E-state index contributed by atoms with van der Waals surface area (Å²) >= 11 is 0. The lowest BCUT2D eigenvalue weighted by Crippen LogP contribution is -2.37. The highest BCUT2D eigenvalue weighted by molar-refractivity contribution is 5.93. The fraction of sp³-hybridized carbons (Fsp3) is 0.444. The first-order chi connectivity index (χ1) is 10.7. The first kappa shape index (κ1) is 14.8. The van der Waals surface area contributed by atoms with Crippen LogP contribution in [0, 0.1) is 5.92 Å². The largest absolute Gasteiger partial charge is 0.312 e. The van der Waals surface area contributed by atoms with Crippen molar-refractivity contribution in [3.05, 3.63) is 48.3 Å². The van der Waals surface area contributed by atoms with E-state index in [4.69, 9.17) is 0 Å². The van der Waals surface area contributed by atoms with E-state index in [1.807, 2.05) is 54.7 Å². The number of hydrogen-bond acceptors (Lipinski definition) is 2. The summed E-state index contributed by atoms with van der Waals surface area (Å²) in [5.74, 6) is 0.879. The molecule has 116 valence electrons. The molecule has 0 aliphatic heterocycles. The van der Waals surface area contributed by atoms with Crippen LogP contribution >= 0.6 is 0 Å². The van der Waals surface area contributed by atoms with Gasteiger partial charge in [-0.25, -0.2) is 0 Å². The average molecular weight is 297 g/mol. The van der Waals surface area contributed by atoms with Gasteiger partial charge in [0, 0.05) is 31.9 Å². The van der Waals surface area contributed by atoms with Crippen LogP contribution in [-0.2, 0) is 18.3 Å². The van der Waals surface area contributed by atoms with E-state index in [1.165, 1.54) is 19.3 Å². The summed E-state index contributed by atoms with van der Waals surface area (Å²) in [5.41, 5.74) is 2.14. The van der Waals surface area contributed by atoms with E-state index in [1.54, 1.807) is 4.68 Å². The number of benzene rings is 1. The molecule has 1 amide bonds. The number of hydrogen-bond donors (Lipinski definition) is 0. The lowest BCUT2D eigenvalue weighted by atomic mass is 9.85. The predicted molar refractivity (Wildman–Crippen MR) is 87.7 cm³/mol. The zero-order valence-corrected chi connectivity index (χ0v) is 13.1. The Bertz CT molecular complexity index is 616. The number of amides is 1. The van der Waals surface area contributed by atoms with Crippen LogP contribution in [0.3, 0.4) is 0 Å². The Morgan fingerprint density at radius 3 is 2.68 bits per heavy atom. The van der Waals surface area contributed by atoms with Gasteiger partial charge in [-0.2, -0.15) is 5.10 Å². The van der Waals surface area contributed by atoms with E-state index in [2.05, 4.69) is 5.10 Å². The highest BCUT2D eigenvalue weighted by Crippen LogP contribution is 2.29. The number of aryl methyl sites for hydroxylation is 2. The molecule has 22 heavy (non-hydrogen) atoms. The number of carbonyl (C=O) groups is 1. The van der Waals surface area contributed by atoms with E-state index in [0.29, 0.717) is 12.3 Å². The lowest BCUT2D eigenvalue weighted by Gasteiger charge is -2.32. The minimum Gasteiger partial charge on any atom is -0.312 e. The molecule has 4 heteroatoms. The number of para-hydroxylation sites is 1. The van der Waals surface area contributed by atoms with Crippen molar-refractivity contribution in [3.8, 4) is 0 Å². The summed E-state index contributed by atoms with van der Waals surface area (Å²) in [4.78, 5) is 14.7. The lowest BCUT2D eigenvalue weighted by molar-refractivity contribution is -0.118. The van der Waals surface area contributed by atoms with Gasteiger partial charge in [0.2, 0.25) is 5.91 Å². The molecule has 1 aliphatic rings. The highest BCUT2D eigenvalue weighted by Gasteiger charge is 2.24. The number of anilines is 1. The minimum absolute atomic E-state index is 0.210. The summed E-state index contributed by atoms with van der Waals surface area (Å²) in [6.07, 6.45) is 8.90. The molecule has 0 bridgehead atoms. The van der Waals surface area contributed by atoms with Gasteiger partial charge in [-0.15, -0.1) is 0 Å². The van der Waals surface area contributed by atoms with Gasteiger partial charge >= 0.3 is 0 Å². The third-order valence-corrected chi connectivity index (χ3v) is 4.42. The standard InChI is InChI=1S/C18H23N3O/c1-20-13-16(12-19-20)10-11-18(22)21(14-15-6-5-7-15)17-8-3-2-4-9-17/h2-4,8-9,12-13,15H,5-7,10-11,14H2,1H3. The Morgan fingerprint density at radius 2 is 2.09 bits per heavy atom. The average Bonchev–Trinajstić information content (AvgIpc) is 2.90. The smallest absolute Gasteiger partial charge is 0.227 e. The molecule has 1 heterocycles. The van der Waals surface area contributed by atoms with Gasteiger partial charge in [-0.3, -0.25) is 9.48 Å². The number of carbonyl (C=O) groups excluding carboxylic acids is 1. The van der Waals surface area contributed by atoms with E-state index in [-0.39, 0.29) is 5.91 Å². The second-order valence-corrected chi connectivity index (χ2v) is 6.16. The summed E-state index contributed by atoms with van der Waals surface area (Å²) in [5, 5.41) is 4.16. The first-order valence-electron chi connectivity index (χ1n) is 8.05. The maximum absolute atomic E-state index is 12.7. The maximum Gasteiger partial charge on any atom is 0.227 e. The number of aromatic nitrogens is 2. The normalized spacial score (nSPS) is 14.6. The fourth-order valence-electron chi connectivity index (χ4n) is 2.88. The van der Waals surface area contributed by atoms with Gasteiger partial charge in [0.1, 0.15) is 0 Å². The van der Waals surface area contributed by atoms with Crippen LogP contribution in [0.25, 0.3) is 0 Å². The van der Waals surface area contributed by atoms with Crippen molar-refractivity contribution < 1.29 is 4.79 Å². The topological polar surface area (TPSA) is 38.1 Å². The van der Waals surface area contributed by atoms with E-state index >= 15 is 0 Å². The van der Waals surface area contributed by atoms with Crippen molar-refractivity contribution in [3.63, 3.8) is 0 Å². The zero-order chi connectivity index (χ0) is 15.4. The molecule has 2 aromatic rings. The Labute approximate surface area is 131 Å². The summed E-state index contributed by atoms with van der Waals surface area (Å²) in [7, 11) is 1.90. The van der Waals surface area contributed by atoms with Crippen molar-refractivity contribution in [1.82, 2.24) is 9.78 Å². The summed E-state index contributed by atoms with van der Waals surface area (Å²) < 4.78 is 1.78. The Hall–Kier alpha value is -2.10. The van der Waals surface area contributed by atoms with Gasteiger partial charge in [0.05, 0.1) is 6.20 Å². The van der Waals surface area contributed by atoms with E-state index in [9.17, 15) is 4.79 Å². The summed E-state index contributed by atoms with van der Waals surface area (Å²) in [6, 6.07) is 10.0. The molecular formula is C18H23N3O. The van der Waals surface area contributed by atoms with Crippen LogP contribution < -0.4 is 4.90 Å². The molecule has 0 radical (unpaired) electrons. The van der Waals surface area contributed by atoms with Crippen molar-refractivity contribution in [2.24, 2.45) is 13.0 Å². The molecule has 0 saturated heterocycles. The van der Waals surface area contributed by atoms with E-state index < -0.39 is 0 Å². The van der Waals surface area contributed by atoms with Crippen molar-refractivity contribution in [2.45, 2.75) is 32.1 Å². The van der Waals surface area contributed by atoms with Gasteiger partial charge in [0.25, 0.3) is 0 Å². The van der Waals surface area contributed by atoms with Crippen molar-refractivity contribution in [1.29, 1.82) is 0 Å². The third-order valence-electron chi connectivity index (χ3n) is 4.42. The van der Waals surface area contributed by atoms with Crippen LogP contribution in [0.2, 0.25) is 0 Å². The SMILES string of the molecule is Cn1cc(CCC(=O)N(CC2CCC2)c2ccccc2)cn1. The van der Waals surface area contributed by atoms with E-state index in [0.717, 1.165) is 24.2 Å². The first-order valence-corrected chi connectivity index (χ1v) is 8.05. The molecule has 1 aromatic heterocycles. The second-order valence-electron chi connectivity index (χ2n) is 6.16. The quantitative estimate of drug-likeness (QED) is 0.821. The Morgan fingerprint density at radius 1 is 1.32 bits per heavy atom. The van der Waals surface area contributed by atoms with Crippen molar-refractivity contribution >= 4 is 11.6 Å². The Kier molecular flexibility index (Phi) is 4.56. The van der Waals surface area contributed by atoms with Crippen LogP contribution in [0.4, 0.5) is 5.69 Å². The van der Waals surface area contributed by atoms with Crippen LogP contribution in [-0.4, -0.2) is 22.2 Å². The Balaban J connectivity index is 1.66. The molecule has 0 atom stereocenters. The van der Waals surface area contributed by atoms with Gasteiger partial charge in [0.15, 0.2) is 0 Å². The van der Waals surface area contributed by atoms with Crippen molar-refractivity contribution in [2.75, 3.05) is 11.4 Å². The molecule has 0 spiro atoms. The number of rotatable bonds is 6. The second kappa shape index (κ2) is 6.77. The molecular weight excluding hydrogens is 274 g/mol. The van der Waals surface area contributed by atoms with Crippen LogP contribution in [0.5, 0.6) is 0 Å². The minimum atomic E-state index is 0.210. The molecule has 0 N–H and O–H groups in total. The van der Waals surface area contributed by atoms with Gasteiger partial charge in [-0.1, -0.05) is 24.6 Å². The molecule has 0 unspecified atom stereocenters. The van der Waals surface area contributed by atoms with Crippen LogP contribution in [0.15, 0.2) is 42.7 Å². The molecule has 4 nitrogen and oxygen atoms in total. The molecule has 1 saturated carbocycles. The molecule has 1 fully saturated rings. The summed E-state index contributed by atoms with van der Waals surface area (Å²) in [6.45, 7) is 0.857. The third kappa shape index (κ3) is 3.56. The van der Waals surface area contributed by atoms with Gasteiger partial charge in [-0.05, 0) is 42.9 Å². The van der Waals surface area contributed by atoms with Crippen LogP contribution in [0.1, 0.15) is 31.2 Å². The fourth-order valence-corrected chi connectivity index (χ4v) is 2.88. The monoisotopic (exact) mass is 297 g/mol. The zero-order valence-electron chi connectivity index (χ0n) is 13.1. The highest BCUT2D eigenvalue weighted by atomic mass is 16.2. The molecule has 1 aliphatic carbocycles. The molecule has 3 rings (SSSR count). The maximum atomic E-state index is 12.7. The predicted octanol–water partition coefficient (Wildman–Crippen LogP) is 3.19.